The van der Waals surface area contributed by atoms with E-state index in [-0.39, 0.29) is 23.1 Å². The Balaban J connectivity index is 2.83. The van der Waals surface area contributed by atoms with Gasteiger partial charge in [0.2, 0.25) is 5.91 Å². The molecule has 0 saturated heterocycles. The van der Waals surface area contributed by atoms with Crippen molar-refractivity contribution in [3.05, 3.63) is 23.8 Å². The summed E-state index contributed by atoms with van der Waals surface area (Å²) in [7, 11) is 3.42. The van der Waals surface area contributed by atoms with E-state index < -0.39 is 5.97 Å². The van der Waals surface area contributed by atoms with Crippen LogP contribution in [-0.4, -0.2) is 37.6 Å². The van der Waals surface area contributed by atoms with Crippen LogP contribution in [-0.2, 0) is 4.79 Å². The monoisotopic (exact) mass is 265 g/mol. The molecule has 1 amide bonds. The number of nitrogens with one attached hydrogen (secondary N) is 1. The van der Waals surface area contributed by atoms with Gasteiger partial charge in [0, 0.05) is 32.0 Å². The fourth-order valence-corrected chi connectivity index (χ4v) is 1.83. The number of nitrogen functional groups attached to an aromatic ring is 1. The molecule has 1 unspecified atom stereocenters. The van der Waals surface area contributed by atoms with E-state index in [1.165, 1.54) is 6.07 Å². The normalized spacial score (nSPS) is 11.7. The van der Waals surface area contributed by atoms with Crippen molar-refractivity contribution in [3.63, 3.8) is 0 Å². The largest absolute Gasteiger partial charge is 0.478 e. The summed E-state index contributed by atoms with van der Waals surface area (Å²) >= 11 is 0. The van der Waals surface area contributed by atoms with Crippen LogP contribution in [0, 0.1) is 5.92 Å². The van der Waals surface area contributed by atoms with E-state index in [4.69, 9.17) is 10.8 Å². The number of carbonyl (C=O) groups excluding carboxylic acids is 1. The summed E-state index contributed by atoms with van der Waals surface area (Å²) in [6.07, 6.45) is 0. The van der Waals surface area contributed by atoms with Gasteiger partial charge in [-0.25, -0.2) is 4.79 Å². The minimum absolute atomic E-state index is 0.0398. The molecule has 1 aromatic carbocycles. The molecule has 6 nitrogen and oxygen atoms in total. The molecule has 0 radical (unpaired) electrons. The highest BCUT2D eigenvalue weighted by Crippen LogP contribution is 2.21. The molecular formula is C13H19N3O3. The second kappa shape index (κ2) is 6.08. The molecule has 104 valence electrons. The first-order valence-corrected chi connectivity index (χ1v) is 5.92. The first-order valence-electron chi connectivity index (χ1n) is 5.92. The SMILES string of the molecule is CNC(=O)C(C)CN(C)c1ccc(C(=O)O)c(N)c1. The summed E-state index contributed by atoms with van der Waals surface area (Å²) < 4.78 is 0. The fourth-order valence-electron chi connectivity index (χ4n) is 1.83. The zero-order valence-corrected chi connectivity index (χ0v) is 11.3. The van der Waals surface area contributed by atoms with Gasteiger partial charge in [-0.15, -0.1) is 0 Å². The third-order valence-electron chi connectivity index (χ3n) is 2.95. The number of carboxylic acid groups (broad SMARTS) is 1. The minimum atomic E-state index is -1.05. The summed E-state index contributed by atoms with van der Waals surface area (Å²) in [6, 6.07) is 4.74. The van der Waals surface area contributed by atoms with Crippen molar-refractivity contribution in [3.8, 4) is 0 Å². The molecule has 0 aliphatic carbocycles. The third-order valence-corrected chi connectivity index (χ3v) is 2.95. The maximum Gasteiger partial charge on any atom is 0.337 e. The van der Waals surface area contributed by atoms with Gasteiger partial charge in [-0.1, -0.05) is 6.92 Å². The highest BCUT2D eigenvalue weighted by atomic mass is 16.4. The molecule has 0 heterocycles. The zero-order valence-electron chi connectivity index (χ0n) is 11.3. The molecule has 0 bridgehead atoms. The van der Waals surface area contributed by atoms with Crippen molar-refractivity contribution < 1.29 is 14.7 Å². The van der Waals surface area contributed by atoms with E-state index in [9.17, 15) is 9.59 Å². The van der Waals surface area contributed by atoms with Gasteiger partial charge in [0.1, 0.15) is 0 Å². The van der Waals surface area contributed by atoms with E-state index in [1.807, 2.05) is 18.9 Å². The number of carboxylic acids is 1. The highest BCUT2D eigenvalue weighted by Gasteiger charge is 2.15. The summed E-state index contributed by atoms with van der Waals surface area (Å²) in [6.45, 7) is 2.34. The summed E-state index contributed by atoms with van der Waals surface area (Å²) in [4.78, 5) is 24.2. The van der Waals surface area contributed by atoms with Gasteiger partial charge >= 0.3 is 5.97 Å². The predicted octanol–water partition coefficient (Wildman–Crippen LogP) is 0.785. The molecule has 1 rings (SSSR count). The summed E-state index contributed by atoms with van der Waals surface area (Å²) in [5.41, 5.74) is 6.76. The van der Waals surface area contributed by atoms with Gasteiger partial charge in [-0.3, -0.25) is 4.79 Å². The number of hydrogen-bond donors (Lipinski definition) is 3. The van der Waals surface area contributed by atoms with Gasteiger partial charge in [0.05, 0.1) is 11.5 Å². The topological polar surface area (TPSA) is 95.7 Å². The Hall–Kier alpha value is -2.24. The lowest BCUT2D eigenvalue weighted by Crippen LogP contribution is -2.34. The molecule has 1 aromatic rings. The molecular weight excluding hydrogens is 246 g/mol. The van der Waals surface area contributed by atoms with E-state index in [1.54, 1.807) is 19.2 Å². The lowest BCUT2D eigenvalue weighted by atomic mass is 10.1. The smallest absolute Gasteiger partial charge is 0.337 e. The van der Waals surface area contributed by atoms with Crippen LogP contribution in [0.1, 0.15) is 17.3 Å². The molecule has 0 aliphatic heterocycles. The minimum Gasteiger partial charge on any atom is -0.478 e. The Kier molecular flexibility index (Phi) is 4.74. The molecule has 6 heteroatoms. The Morgan fingerprint density at radius 1 is 1.47 bits per heavy atom. The Morgan fingerprint density at radius 3 is 2.58 bits per heavy atom. The first-order chi connectivity index (χ1) is 8.86. The van der Waals surface area contributed by atoms with E-state index in [2.05, 4.69) is 5.32 Å². The van der Waals surface area contributed by atoms with E-state index in [0.29, 0.717) is 6.54 Å². The van der Waals surface area contributed by atoms with Crippen molar-refractivity contribution in [2.24, 2.45) is 5.92 Å². The maximum absolute atomic E-state index is 11.4. The summed E-state index contributed by atoms with van der Waals surface area (Å²) in [5.74, 6) is -1.26. The zero-order chi connectivity index (χ0) is 14.6. The lowest BCUT2D eigenvalue weighted by molar-refractivity contribution is -0.123. The molecule has 0 aromatic heterocycles. The molecule has 0 saturated carbocycles. The van der Waals surface area contributed by atoms with Gasteiger partial charge in [0.15, 0.2) is 0 Å². The van der Waals surface area contributed by atoms with E-state index in [0.717, 1.165) is 5.69 Å². The van der Waals surface area contributed by atoms with Crippen molar-refractivity contribution in [2.75, 3.05) is 31.3 Å². The van der Waals surface area contributed by atoms with Crippen LogP contribution < -0.4 is 16.0 Å². The number of rotatable bonds is 5. The van der Waals surface area contributed by atoms with Crippen molar-refractivity contribution in [2.45, 2.75) is 6.92 Å². The number of amides is 1. The van der Waals surface area contributed by atoms with E-state index >= 15 is 0 Å². The van der Waals surface area contributed by atoms with Crippen LogP contribution in [0.3, 0.4) is 0 Å². The number of carbonyl (C=O) groups is 2. The van der Waals surface area contributed by atoms with Gasteiger partial charge in [-0.05, 0) is 18.2 Å². The number of aromatic carboxylic acids is 1. The van der Waals surface area contributed by atoms with Crippen LogP contribution in [0.5, 0.6) is 0 Å². The Bertz CT molecular complexity index is 488. The van der Waals surface area contributed by atoms with Crippen LogP contribution in [0.25, 0.3) is 0 Å². The van der Waals surface area contributed by atoms with Crippen LogP contribution in [0.15, 0.2) is 18.2 Å². The molecule has 19 heavy (non-hydrogen) atoms. The Morgan fingerprint density at radius 2 is 2.11 bits per heavy atom. The first kappa shape index (κ1) is 14.8. The number of benzene rings is 1. The molecule has 0 spiro atoms. The fraction of sp³-hybridized carbons (Fsp3) is 0.385. The average molecular weight is 265 g/mol. The lowest BCUT2D eigenvalue weighted by Gasteiger charge is -2.23. The average Bonchev–Trinajstić information content (AvgIpc) is 2.36. The molecule has 0 fully saturated rings. The second-order valence-electron chi connectivity index (χ2n) is 4.47. The van der Waals surface area contributed by atoms with Gasteiger partial charge < -0.3 is 21.1 Å². The van der Waals surface area contributed by atoms with Gasteiger partial charge in [0.25, 0.3) is 0 Å². The van der Waals surface area contributed by atoms with Crippen molar-refractivity contribution in [1.82, 2.24) is 5.32 Å². The second-order valence-corrected chi connectivity index (χ2v) is 4.47. The molecule has 0 aliphatic rings. The standard InChI is InChI=1S/C13H19N3O3/c1-8(12(17)15-2)7-16(3)9-4-5-10(13(18)19)11(14)6-9/h4-6,8H,7,14H2,1-3H3,(H,15,17)(H,18,19). The van der Waals surface area contributed by atoms with Crippen molar-refractivity contribution in [1.29, 1.82) is 0 Å². The summed E-state index contributed by atoms with van der Waals surface area (Å²) in [5, 5.41) is 11.5. The van der Waals surface area contributed by atoms with Crippen LogP contribution in [0.2, 0.25) is 0 Å². The number of hydrogen-bond acceptors (Lipinski definition) is 4. The maximum atomic E-state index is 11.4. The Labute approximate surface area is 112 Å². The predicted molar refractivity (Wildman–Crippen MR) is 74.3 cm³/mol. The van der Waals surface area contributed by atoms with Gasteiger partial charge in [-0.2, -0.15) is 0 Å². The highest BCUT2D eigenvalue weighted by molar-refractivity contribution is 5.94. The number of nitrogens with two attached hydrogens (primary N) is 1. The molecule has 1 atom stereocenters. The third kappa shape index (κ3) is 3.61. The quantitative estimate of drug-likeness (QED) is 0.684. The molecule has 4 N–H and O–H groups in total. The number of nitrogens with zero attached hydrogens (tertiary/aromatic N) is 1. The number of anilines is 2. The van der Waals surface area contributed by atoms with Crippen LogP contribution in [0.4, 0.5) is 11.4 Å². The van der Waals surface area contributed by atoms with Crippen LogP contribution >= 0.6 is 0 Å². The van der Waals surface area contributed by atoms with Crippen molar-refractivity contribution >= 4 is 23.3 Å².